The molecular formula is C19H16BrClN2O2. The van der Waals surface area contributed by atoms with Crippen molar-refractivity contribution >= 4 is 50.0 Å². The Morgan fingerprint density at radius 1 is 1.24 bits per heavy atom. The Balaban J connectivity index is 1.98. The van der Waals surface area contributed by atoms with Gasteiger partial charge in [0.15, 0.2) is 0 Å². The average molecular weight is 420 g/mol. The van der Waals surface area contributed by atoms with Crippen molar-refractivity contribution in [2.45, 2.75) is 20.3 Å². The number of aromatic nitrogens is 1. The summed E-state index contributed by atoms with van der Waals surface area (Å²) in [6, 6.07) is 10.6. The molecule has 0 spiro atoms. The molecule has 25 heavy (non-hydrogen) atoms. The molecule has 6 heteroatoms. The molecule has 3 rings (SSSR count). The number of aryl methyl sites for hydroxylation is 1. The van der Waals surface area contributed by atoms with E-state index in [0.717, 1.165) is 21.0 Å². The van der Waals surface area contributed by atoms with E-state index >= 15 is 0 Å². The van der Waals surface area contributed by atoms with Gasteiger partial charge in [0.1, 0.15) is 0 Å². The number of carbonyl (C=O) groups excluding carboxylic acids is 1. The highest BCUT2D eigenvalue weighted by Gasteiger charge is 2.13. The lowest BCUT2D eigenvalue weighted by atomic mass is 10.0. The summed E-state index contributed by atoms with van der Waals surface area (Å²) in [6.07, 6.45) is 0.678. The van der Waals surface area contributed by atoms with E-state index in [-0.39, 0.29) is 11.5 Å². The maximum absolute atomic E-state index is 12.5. The third-order valence-corrected chi connectivity index (χ3v) is 5.01. The molecular weight excluding hydrogens is 404 g/mol. The minimum Gasteiger partial charge on any atom is -0.322 e. The van der Waals surface area contributed by atoms with Gasteiger partial charge in [-0.3, -0.25) is 9.59 Å². The Kier molecular flexibility index (Phi) is 4.97. The third-order valence-electron chi connectivity index (χ3n) is 4.18. The number of benzene rings is 2. The van der Waals surface area contributed by atoms with E-state index in [4.69, 9.17) is 11.6 Å². The van der Waals surface area contributed by atoms with Crippen LogP contribution in [0.15, 0.2) is 45.7 Å². The van der Waals surface area contributed by atoms with E-state index in [9.17, 15) is 9.59 Å². The SMILES string of the molecule is CCc1c(C)c2ccc(NC(=O)c3cc(Br)ccc3Cl)cc2[nH]c1=O. The summed E-state index contributed by atoms with van der Waals surface area (Å²) in [5.41, 5.74) is 3.32. The second-order valence-electron chi connectivity index (χ2n) is 5.75. The van der Waals surface area contributed by atoms with Crippen molar-refractivity contribution in [2.75, 3.05) is 5.32 Å². The maximum Gasteiger partial charge on any atom is 0.257 e. The molecule has 0 saturated carbocycles. The molecule has 1 heterocycles. The summed E-state index contributed by atoms with van der Waals surface area (Å²) in [5, 5.41) is 4.16. The summed E-state index contributed by atoms with van der Waals surface area (Å²) in [6.45, 7) is 3.90. The highest BCUT2D eigenvalue weighted by molar-refractivity contribution is 9.10. The zero-order valence-electron chi connectivity index (χ0n) is 13.7. The molecule has 0 bridgehead atoms. The van der Waals surface area contributed by atoms with Crippen LogP contribution in [-0.4, -0.2) is 10.9 Å². The monoisotopic (exact) mass is 418 g/mol. The molecule has 0 aliphatic heterocycles. The Morgan fingerprint density at radius 2 is 2.00 bits per heavy atom. The third kappa shape index (κ3) is 3.48. The molecule has 1 aromatic heterocycles. The Hall–Kier alpha value is -2.11. The van der Waals surface area contributed by atoms with Crippen molar-refractivity contribution in [1.82, 2.24) is 4.98 Å². The molecule has 2 aromatic carbocycles. The minimum atomic E-state index is -0.310. The summed E-state index contributed by atoms with van der Waals surface area (Å²) in [4.78, 5) is 27.5. The first-order chi connectivity index (χ1) is 11.9. The lowest BCUT2D eigenvalue weighted by Gasteiger charge is -2.11. The van der Waals surface area contributed by atoms with E-state index in [1.807, 2.05) is 26.0 Å². The number of aromatic amines is 1. The molecule has 0 unspecified atom stereocenters. The molecule has 4 nitrogen and oxygen atoms in total. The Bertz CT molecular complexity index is 1040. The molecule has 0 atom stereocenters. The van der Waals surface area contributed by atoms with E-state index in [1.54, 1.807) is 24.3 Å². The van der Waals surface area contributed by atoms with Crippen LogP contribution in [0.25, 0.3) is 10.9 Å². The number of amides is 1. The van der Waals surface area contributed by atoms with Gasteiger partial charge in [0, 0.05) is 21.1 Å². The number of hydrogen-bond donors (Lipinski definition) is 2. The Morgan fingerprint density at radius 3 is 2.72 bits per heavy atom. The van der Waals surface area contributed by atoms with E-state index in [2.05, 4.69) is 26.2 Å². The number of hydrogen-bond acceptors (Lipinski definition) is 2. The van der Waals surface area contributed by atoms with Crippen LogP contribution in [-0.2, 0) is 6.42 Å². The summed E-state index contributed by atoms with van der Waals surface area (Å²) in [5.74, 6) is -0.310. The van der Waals surface area contributed by atoms with Gasteiger partial charge in [-0.05, 0) is 49.2 Å². The molecule has 128 valence electrons. The lowest BCUT2D eigenvalue weighted by molar-refractivity contribution is 0.102. The van der Waals surface area contributed by atoms with E-state index in [1.165, 1.54) is 0 Å². The van der Waals surface area contributed by atoms with Gasteiger partial charge >= 0.3 is 0 Å². The van der Waals surface area contributed by atoms with Crippen LogP contribution >= 0.6 is 27.5 Å². The molecule has 0 saturated heterocycles. The van der Waals surface area contributed by atoms with Crippen LogP contribution < -0.4 is 10.9 Å². The number of carbonyl (C=O) groups is 1. The van der Waals surface area contributed by atoms with Crippen LogP contribution in [0.1, 0.15) is 28.4 Å². The molecule has 0 fully saturated rings. The fraction of sp³-hybridized carbons (Fsp3) is 0.158. The number of fused-ring (bicyclic) bond motifs is 1. The van der Waals surface area contributed by atoms with Crippen molar-refractivity contribution in [3.63, 3.8) is 0 Å². The summed E-state index contributed by atoms with van der Waals surface area (Å²) >= 11 is 9.43. The fourth-order valence-corrected chi connectivity index (χ4v) is 3.44. The smallest absolute Gasteiger partial charge is 0.257 e. The van der Waals surface area contributed by atoms with Gasteiger partial charge in [0.05, 0.1) is 16.1 Å². The first-order valence-electron chi connectivity index (χ1n) is 7.82. The fourth-order valence-electron chi connectivity index (χ4n) is 2.88. The van der Waals surface area contributed by atoms with Gasteiger partial charge in [-0.2, -0.15) is 0 Å². The number of anilines is 1. The van der Waals surface area contributed by atoms with Crippen molar-refractivity contribution in [2.24, 2.45) is 0 Å². The second-order valence-corrected chi connectivity index (χ2v) is 7.07. The molecule has 0 aliphatic rings. The first-order valence-corrected chi connectivity index (χ1v) is 8.99. The van der Waals surface area contributed by atoms with Crippen molar-refractivity contribution in [3.8, 4) is 0 Å². The highest BCUT2D eigenvalue weighted by atomic mass is 79.9. The molecule has 0 aliphatic carbocycles. The number of halogens is 2. The van der Waals surface area contributed by atoms with Gasteiger partial charge in [-0.25, -0.2) is 0 Å². The van der Waals surface area contributed by atoms with E-state index in [0.29, 0.717) is 28.2 Å². The number of nitrogens with one attached hydrogen (secondary N) is 2. The van der Waals surface area contributed by atoms with Gasteiger partial charge in [0.2, 0.25) is 0 Å². The molecule has 1 amide bonds. The zero-order chi connectivity index (χ0) is 18.1. The number of H-pyrrole nitrogens is 1. The van der Waals surface area contributed by atoms with Crippen molar-refractivity contribution in [1.29, 1.82) is 0 Å². The van der Waals surface area contributed by atoms with Crippen LogP contribution in [0.3, 0.4) is 0 Å². The number of rotatable bonds is 3. The predicted octanol–water partition coefficient (Wildman–Crippen LogP) is 5.07. The lowest BCUT2D eigenvalue weighted by Crippen LogP contribution is -2.15. The maximum atomic E-state index is 12.5. The van der Waals surface area contributed by atoms with Gasteiger partial charge in [-0.1, -0.05) is 40.5 Å². The van der Waals surface area contributed by atoms with Crippen LogP contribution in [0, 0.1) is 6.92 Å². The van der Waals surface area contributed by atoms with Crippen LogP contribution in [0.5, 0.6) is 0 Å². The Labute approximate surface area is 158 Å². The van der Waals surface area contributed by atoms with Crippen LogP contribution in [0.2, 0.25) is 5.02 Å². The average Bonchev–Trinajstić information content (AvgIpc) is 2.57. The zero-order valence-corrected chi connectivity index (χ0v) is 16.1. The van der Waals surface area contributed by atoms with Crippen LogP contribution in [0.4, 0.5) is 5.69 Å². The van der Waals surface area contributed by atoms with Crippen molar-refractivity contribution < 1.29 is 4.79 Å². The largest absolute Gasteiger partial charge is 0.322 e. The number of pyridine rings is 1. The van der Waals surface area contributed by atoms with Gasteiger partial charge in [-0.15, -0.1) is 0 Å². The topological polar surface area (TPSA) is 62.0 Å². The van der Waals surface area contributed by atoms with Gasteiger partial charge < -0.3 is 10.3 Å². The quantitative estimate of drug-likeness (QED) is 0.623. The summed E-state index contributed by atoms with van der Waals surface area (Å²) < 4.78 is 0.771. The second kappa shape index (κ2) is 7.02. The molecule has 3 aromatic rings. The highest BCUT2D eigenvalue weighted by Crippen LogP contribution is 2.24. The summed E-state index contributed by atoms with van der Waals surface area (Å²) in [7, 11) is 0. The molecule has 2 N–H and O–H groups in total. The van der Waals surface area contributed by atoms with Crippen molar-refractivity contribution in [3.05, 3.63) is 72.9 Å². The normalized spacial score (nSPS) is 10.9. The molecule has 0 radical (unpaired) electrons. The predicted molar refractivity (Wildman–Crippen MR) is 106 cm³/mol. The van der Waals surface area contributed by atoms with E-state index < -0.39 is 0 Å². The first kappa shape index (κ1) is 17.7. The standard InChI is InChI=1S/C19H16BrClN2O2/c1-3-13-10(2)14-6-5-12(9-17(14)23-18(13)24)22-19(25)15-8-11(20)4-7-16(15)21/h4-9H,3H2,1-2H3,(H,22,25)(H,23,24). The van der Waals surface area contributed by atoms with Gasteiger partial charge in [0.25, 0.3) is 11.5 Å². The minimum absolute atomic E-state index is 0.0917.